The maximum absolute atomic E-state index is 5.80. The molecule has 2 unspecified atom stereocenters. The molecule has 2 rings (SSSR count). The maximum atomic E-state index is 5.80. The highest BCUT2D eigenvalue weighted by Crippen LogP contribution is 2.39. The number of nitrogens with zero attached hydrogens (tertiary/aromatic N) is 1. The first-order chi connectivity index (χ1) is 9.10. The van der Waals surface area contributed by atoms with Crippen LogP contribution in [0.2, 0.25) is 0 Å². The van der Waals surface area contributed by atoms with E-state index in [1.165, 1.54) is 5.56 Å². The molecular formula is C15H24N2O2. The topological polar surface area (TPSA) is 47.7 Å². The van der Waals surface area contributed by atoms with Crippen LogP contribution in [0.1, 0.15) is 23.6 Å². The highest BCUT2D eigenvalue weighted by Gasteiger charge is 2.30. The van der Waals surface area contributed by atoms with Crippen LogP contribution in [0.15, 0.2) is 12.1 Å². The van der Waals surface area contributed by atoms with Crippen molar-refractivity contribution in [2.45, 2.75) is 19.4 Å². The minimum Gasteiger partial charge on any atom is -0.493 e. The quantitative estimate of drug-likeness (QED) is 0.903. The molecule has 0 amide bonds. The Morgan fingerprint density at radius 2 is 2.05 bits per heavy atom. The van der Waals surface area contributed by atoms with E-state index in [1.807, 2.05) is 0 Å². The fraction of sp³-hybridized carbons (Fsp3) is 0.600. The van der Waals surface area contributed by atoms with Crippen LogP contribution in [0, 0.1) is 12.8 Å². The van der Waals surface area contributed by atoms with Gasteiger partial charge in [-0.05, 0) is 50.0 Å². The van der Waals surface area contributed by atoms with Gasteiger partial charge in [-0.3, -0.25) is 4.90 Å². The molecule has 1 aliphatic rings. The van der Waals surface area contributed by atoms with Crippen LogP contribution < -0.4 is 15.2 Å². The van der Waals surface area contributed by atoms with Gasteiger partial charge in [0.1, 0.15) is 0 Å². The second-order valence-electron chi connectivity index (χ2n) is 5.37. The SMILES string of the molecule is COc1cc(C2CC(CN)CN2C)cc(C)c1OC. The van der Waals surface area contributed by atoms with Crippen LogP contribution in [0.3, 0.4) is 0 Å². The van der Waals surface area contributed by atoms with Gasteiger partial charge in [0.25, 0.3) is 0 Å². The highest BCUT2D eigenvalue weighted by atomic mass is 16.5. The van der Waals surface area contributed by atoms with Crippen molar-refractivity contribution in [1.82, 2.24) is 4.90 Å². The fourth-order valence-corrected chi connectivity index (χ4v) is 3.04. The van der Waals surface area contributed by atoms with Crippen molar-refractivity contribution in [2.75, 3.05) is 34.4 Å². The summed E-state index contributed by atoms with van der Waals surface area (Å²) in [7, 11) is 5.52. The second-order valence-corrected chi connectivity index (χ2v) is 5.37. The van der Waals surface area contributed by atoms with E-state index in [0.717, 1.165) is 36.6 Å². The second kappa shape index (κ2) is 5.80. The van der Waals surface area contributed by atoms with Gasteiger partial charge in [-0.15, -0.1) is 0 Å². The minimum atomic E-state index is 0.423. The maximum Gasteiger partial charge on any atom is 0.163 e. The molecule has 0 aromatic heterocycles. The number of benzene rings is 1. The molecule has 106 valence electrons. The van der Waals surface area contributed by atoms with Crippen molar-refractivity contribution in [3.63, 3.8) is 0 Å². The predicted octanol–water partition coefficient (Wildman–Crippen LogP) is 1.96. The monoisotopic (exact) mass is 264 g/mol. The normalized spacial score (nSPS) is 23.6. The molecule has 0 aliphatic carbocycles. The van der Waals surface area contributed by atoms with E-state index in [9.17, 15) is 0 Å². The molecule has 1 aliphatic heterocycles. The Balaban J connectivity index is 2.33. The van der Waals surface area contributed by atoms with Crippen molar-refractivity contribution >= 4 is 0 Å². The summed E-state index contributed by atoms with van der Waals surface area (Å²) in [5.41, 5.74) is 8.19. The summed E-state index contributed by atoms with van der Waals surface area (Å²) in [6.45, 7) is 3.88. The molecule has 1 saturated heterocycles. The van der Waals surface area contributed by atoms with Crippen molar-refractivity contribution in [3.8, 4) is 11.5 Å². The summed E-state index contributed by atoms with van der Waals surface area (Å²) in [5.74, 6) is 2.22. The Kier molecular flexibility index (Phi) is 4.32. The molecule has 1 heterocycles. The standard InChI is InChI=1S/C15H24N2O2/c1-10-5-12(7-14(18-3)15(10)19-4)13-6-11(8-16)9-17(13)2/h5,7,11,13H,6,8-9,16H2,1-4H3. The lowest BCUT2D eigenvalue weighted by Gasteiger charge is -2.22. The molecule has 1 fully saturated rings. The Bertz CT molecular complexity index is 448. The van der Waals surface area contributed by atoms with Gasteiger partial charge >= 0.3 is 0 Å². The number of likely N-dealkylation sites (tertiary alicyclic amines) is 1. The van der Waals surface area contributed by atoms with Gasteiger partial charge in [0, 0.05) is 12.6 Å². The molecule has 0 radical (unpaired) electrons. The Hall–Kier alpha value is -1.26. The third kappa shape index (κ3) is 2.69. The summed E-state index contributed by atoms with van der Waals surface area (Å²) < 4.78 is 10.8. The van der Waals surface area contributed by atoms with Gasteiger partial charge in [0.2, 0.25) is 0 Å². The number of aryl methyl sites for hydroxylation is 1. The number of ether oxygens (including phenoxy) is 2. The molecule has 4 heteroatoms. The third-order valence-electron chi connectivity index (χ3n) is 4.04. The third-order valence-corrected chi connectivity index (χ3v) is 4.04. The van der Waals surface area contributed by atoms with Crippen LogP contribution in [-0.2, 0) is 0 Å². The van der Waals surface area contributed by atoms with Crippen LogP contribution in [0.5, 0.6) is 11.5 Å². The molecule has 4 nitrogen and oxygen atoms in total. The average molecular weight is 264 g/mol. The number of methoxy groups -OCH3 is 2. The van der Waals surface area contributed by atoms with E-state index in [0.29, 0.717) is 12.0 Å². The summed E-state index contributed by atoms with van der Waals surface area (Å²) in [5, 5.41) is 0. The Morgan fingerprint density at radius 1 is 1.32 bits per heavy atom. The number of hydrogen-bond acceptors (Lipinski definition) is 4. The smallest absolute Gasteiger partial charge is 0.163 e. The molecule has 0 saturated carbocycles. The number of hydrogen-bond donors (Lipinski definition) is 1. The minimum absolute atomic E-state index is 0.423. The lowest BCUT2D eigenvalue weighted by atomic mass is 9.98. The van der Waals surface area contributed by atoms with Gasteiger partial charge in [0.15, 0.2) is 11.5 Å². The van der Waals surface area contributed by atoms with Crippen LogP contribution >= 0.6 is 0 Å². The van der Waals surface area contributed by atoms with Crippen LogP contribution in [0.4, 0.5) is 0 Å². The zero-order valence-corrected chi connectivity index (χ0v) is 12.3. The van der Waals surface area contributed by atoms with Crippen molar-refractivity contribution in [2.24, 2.45) is 11.7 Å². The lowest BCUT2D eigenvalue weighted by molar-refractivity contribution is 0.310. The predicted molar refractivity (Wildman–Crippen MR) is 76.8 cm³/mol. The zero-order valence-electron chi connectivity index (χ0n) is 12.3. The summed E-state index contributed by atoms with van der Waals surface area (Å²) >= 11 is 0. The largest absolute Gasteiger partial charge is 0.493 e. The van der Waals surface area contributed by atoms with Crippen LogP contribution in [0.25, 0.3) is 0 Å². The molecular weight excluding hydrogens is 240 g/mol. The van der Waals surface area contributed by atoms with Crippen molar-refractivity contribution in [1.29, 1.82) is 0 Å². The van der Waals surface area contributed by atoms with E-state index in [4.69, 9.17) is 15.2 Å². The molecule has 19 heavy (non-hydrogen) atoms. The Labute approximate surface area is 115 Å². The van der Waals surface area contributed by atoms with Gasteiger partial charge in [0.05, 0.1) is 14.2 Å². The van der Waals surface area contributed by atoms with E-state index < -0.39 is 0 Å². The van der Waals surface area contributed by atoms with E-state index in [2.05, 4.69) is 31.0 Å². The van der Waals surface area contributed by atoms with Gasteiger partial charge in [-0.1, -0.05) is 6.07 Å². The molecule has 2 N–H and O–H groups in total. The number of rotatable bonds is 4. The van der Waals surface area contributed by atoms with Crippen molar-refractivity contribution in [3.05, 3.63) is 23.3 Å². The van der Waals surface area contributed by atoms with E-state index >= 15 is 0 Å². The fourth-order valence-electron chi connectivity index (χ4n) is 3.04. The van der Waals surface area contributed by atoms with E-state index in [1.54, 1.807) is 14.2 Å². The van der Waals surface area contributed by atoms with Gasteiger partial charge in [-0.25, -0.2) is 0 Å². The number of nitrogens with two attached hydrogens (primary N) is 1. The molecule has 2 atom stereocenters. The van der Waals surface area contributed by atoms with Gasteiger partial charge < -0.3 is 15.2 Å². The summed E-state index contributed by atoms with van der Waals surface area (Å²) in [6.07, 6.45) is 1.11. The molecule has 0 bridgehead atoms. The molecule has 0 spiro atoms. The average Bonchev–Trinajstić information content (AvgIpc) is 2.79. The van der Waals surface area contributed by atoms with E-state index in [-0.39, 0.29) is 0 Å². The zero-order chi connectivity index (χ0) is 14.0. The molecule has 1 aromatic carbocycles. The first-order valence-corrected chi connectivity index (χ1v) is 6.73. The van der Waals surface area contributed by atoms with Crippen LogP contribution in [-0.4, -0.2) is 39.3 Å². The summed E-state index contributed by atoms with van der Waals surface area (Å²) in [4.78, 5) is 2.37. The Morgan fingerprint density at radius 3 is 2.58 bits per heavy atom. The first kappa shape index (κ1) is 14.2. The first-order valence-electron chi connectivity index (χ1n) is 6.73. The van der Waals surface area contributed by atoms with Gasteiger partial charge in [-0.2, -0.15) is 0 Å². The molecule has 1 aromatic rings. The summed E-state index contributed by atoms with van der Waals surface area (Å²) in [6, 6.07) is 4.71. The highest BCUT2D eigenvalue weighted by molar-refractivity contribution is 5.49. The lowest BCUT2D eigenvalue weighted by Crippen LogP contribution is -2.20. The van der Waals surface area contributed by atoms with Crippen molar-refractivity contribution < 1.29 is 9.47 Å².